The van der Waals surface area contributed by atoms with Gasteiger partial charge in [0.1, 0.15) is 0 Å². The lowest BCUT2D eigenvalue weighted by atomic mass is 9.91. The fraction of sp³-hybridized carbons (Fsp3) is 0.562. The van der Waals surface area contributed by atoms with Crippen molar-refractivity contribution in [2.24, 2.45) is 11.7 Å². The molecule has 0 aliphatic carbocycles. The maximum absolute atomic E-state index is 11.4. The number of nitrogens with zero attached hydrogens (tertiary/aromatic N) is 1. The Morgan fingerprint density at radius 2 is 2.10 bits per heavy atom. The Kier molecular flexibility index (Phi) is 5.61. The fourth-order valence-electron chi connectivity index (χ4n) is 2.92. The number of hydrogen-bond donors (Lipinski definition) is 1. The van der Waals surface area contributed by atoms with Crippen LogP contribution in [-0.4, -0.2) is 35.3 Å². The van der Waals surface area contributed by atoms with E-state index in [-0.39, 0.29) is 11.8 Å². The quantitative estimate of drug-likeness (QED) is 0.839. The predicted octanol–water partition coefficient (Wildman–Crippen LogP) is 2.75. The lowest BCUT2D eigenvalue weighted by Crippen LogP contribution is -2.47. The van der Waals surface area contributed by atoms with Crippen molar-refractivity contribution >= 4 is 21.8 Å². The number of carbonyl (C=O) groups is 1. The van der Waals surface area contributed by atoms with E-state index in [0.29, 0.717) is 12.0 Å². The van der Waals surface area contributed by atoms with E-state index < -0.39 is 0 Å². The highest BCUT2D eigenvalue weighted by Gasteiger charge is 2.30. The van der Waals surface area contributed by atoms with E-state index in [1.165, 1.54) is 5.56 Å². The van der Waals surface area contributed by atoms with Gasteiger partial charge in [0.15, 0.2) is 0 Å². The smallest absolute Gasteiger partial charge is 0.221 e. The van der Waals surface area contributed by atoms with Crippen molar-refractivity contribution in [2.45, 2.75) is 31.7 Å². The molecule has 0 bridgehead atoms. The van der Waals surface area contributed by atoms with Crippen LogP contribution in [0.25, 0.3) is 0 Å². The molecule has 1 aliphatic rings. The topological polar surface area (TPSA) is 46.3 Å². The number of benzene rings is 1. The highest BCUT2D eigenvalue weighted by Crippen LogP contribution is 2.26. The molecular formula is C16H23BrN2O. The normalized spacial score (nSPS) is 25.3. The summed E-state index contributed by atoms with van der Waals surface area (Å²) in [6.45, 7) is 4.01. The first kappa shape index (κ1) is 15.5. The summed E-state index contributed by atoms with van der Waals surface area (Å²) >= 11 is 3.63. The summed E-state index contributed by atoms with van der Waals surface area (Å²) < 4.78 is 0. The second-order valence-electron chi connectivity index (χ2n) is 5.74. The molecule has 3 atom stereocenters. The van der Waals surface area contributed by atoms with Crippen molar-refractivity contribution in [2.75, 3.05) is 18.4 Å². The molecule has 110 valence electrons. The molecule has 2 N–H and O–H groups in total. The molecule has 1 aromatic rings. The summed E-state index contributed by atoms with van der Waals surface area (Å²) in [5.41, 5.74) is 6.82. The molecule has 0 saturated carbocycles. The molecule has 4 heteroatoms. The molecule has 3 unspecified atom stereocenters. The van der Waals surface area contributed by atoms with Gasteiger partial charge in [-0.15, -0.1) is 0 Å². The van der Waals surface area contributed by atoms with E-state index in [0.717, 1.165) is 31.3 Å². The molecule has 1 heterocycles. The van der Waals surface area contributed by atoms with Crippen LogP contribution in [0.4, 0.5) is 0 Å². The SMILES string of the molecule is CC1CCC(C(N)=O)CN1CC(CBr)c1ccccc1. The van der Waals surface area contributed by atoms with Gasteiger partial charge in [0.25, 0.3) is 0 Å². The van der Waals surface area contributed by atoms with Crippen molar-refractivity contribution in [3.63, 3.8) is 0 Å². The number of nitrogens with two attached hydrogens (primary N) is 1. The van der Waals surface area contributed by atoms with Crippen molar-refractivity contribution < 1.29 is 4.79 Å². The number of primary amides is 1. The fourth-order valence-corrected chi connectivity index (χ4v) is 3.50. The number of halogens is 1. The van der Waals surface area contributed by atoms with Gasteiger partial charge < -0.3 is 5.73 Å². The highest BCUT2D eigenvalue weighted by atomic mass is 79.9. The standard InChI is InChI=1S/C16H23BrN2O/c1-12-7-8-14(16(18)20)10-19(12)11-15(9-17)13-5-3-2-4-6-13/h2-6,12,14-15H,7-11H2,1H3,(H2,18,20). The second kappa shape index (κ2) is 7.23. The molecule has 1 fully saturated rings. The van der Waals surface area contributed by atoms with Gasteiger partial charge in [-0.25, -0.2) is 0 Å². The van der Waals surface area contributed by atoms with Crippen LogP contribution in [0.3, 0.4) is 0 Å². The van der Waals surface area contributed by atoms with Crippen LogP contribution in [0.1, 0.15) is 31.2 Å². The molecule has 0 spiro atoms. The van der Waals surface area contributed by atoms with Crippen LogP contribution in [0.5, 0.6) is 0 Å². The molecule has 0 radical (unpaired) electrons. The monoisotopic (exact) mass is 338 g/mol. The van der Waals surface area contributed by atoms with E-state index in [2.05, 4.69) is 52.0 Å². The average molecular weight is 339 g/mol. The van der Waals surface area contributed by atoms with Gasteiger partial charge in [0, 0.05) is 30.4 Å². The number of carbonyl (C=O) groups excluding carboxylic acids is 1. The first-order chi connectivity index (χ1) is 9.61. The summed E-state index contributed by atoms with van der Waals surface area (Å²) in [6.07, 6.45) is 1.98. The third-order valence-corrected chi connectivity index (χ3v) is 5.11. The highest BCUT2D eigenvalue weighted by molar-refractivity contribution is 9.09. The zero-order valence-electron chi connectivity index (χ0n) is 12.0. The summed E-state index contributed by atoms with van der Waals surface area (Å²) in [5, 5.41) is 0.932. The van der Waals surface area contributed by atoms with Crippen LogP contribution in [0, 0.1) is 5.92 Å². The Labute approximate surface area is 129 Å². The largest absolute Gasteiger partial charge is 0.369 e. The summed E-state index contributed by atoms with van der Waals surface area (Å²) in [5.74, 6) is 0.306. The number of alkyl halides is 1. The van der Waals surface area contributed by atoms with Gasteiger partial charge in [0.05, 0.1) is 5.92 Å². The lowest BCUT2D eigenvalue weighted by molar-refractivity contribution is -0.124. The Bertz CT molecular complexity index is 437. The van der Waals surface area contributed by atoms with E-state index in [1.807, 2.05) is 6.07 Å². The van der Waals surface area contributed by atoms with E-state index >= 15 is 0 Å². The van der Waals surface area contributed by atoms with Gasteiger partial charge in [0.2, 0.25) is 5.91 Å². The van der Waals surface area contributed by atoms with Crippen LogP contribution < -0.4 is 5.73 Å². The third-order valence-electron chi connectivity index (χ3n) is 4.33. The number of likely N-dealkylation sites (tertiary alicyclic amines) is 1. The molecule has 0 aromatic heterocycles. The van der Waals surface area contributed by atoms with Crippen molar-refractivity contribution in [1.29, 1.82) is 0 Å². The van der Waals surface area contributed by atoms with Crippen molar-refractivity contribution in [3.8, 4) is 0 Å². The first-order valence-corrected chi connectivity index (χ1v) is 8.38. The molecule has 1 aromatic carbocycles. The Hall–Kier alpha value is -0.870. The number of piperidine rings is 1. The molecule has 2 rings (SSSR count). The zero-order valence-corrected chi connectivity index (χ0v) is 13.6. The van der Waals surface area contributed by atoms with E-state index in [1.54, 1.807) is 0 Å². The van der Waals surface area contributed by atoms with Crippen LogP contribution in [0.2, 0.25) is 0 Å². The minimum atomic E-state index is -0.156. The first-order valence-electron chi connectivity index (χ1n) is 7.26. The van der Waals surface area contributed by atoms with Crippen LogP contribution in [-0.2, 0) is 4.79 Å². The molecule has 1 aliphatic heterocycles. The van der Waals surface area contributed by atoms with Crippen LogP contribution >= 0.6 is 15.9 Å². The Morgan fingerprint density at radius 1 is 1.40 bits per heavy atom. The minimum absolute atomic E-state index is 0.0120. The maximum Gasteiger partial charge on any atom is 0.221 e. The van der Waals surface area contributed by atoms with Gasteiger partial charge in [-0.1, -0.05) is 46.3 Å². The minimum Gasteiger partial charge on any atom is -0.369 e. The summed E-state index contributed by atoms with van der Waals surface area (Å²) in [7, 11) is 0. The maximum atomic E-state index is 11.4. The molecule has 1 amide bonds. The molecule has 1 saturated heterocycles. The number of rotatable bonds is 5. The van der Waals surface area contributed by atoms with Crippen LogP contribution in [0.15, 0.2) is 30.3 Å². The van der Waals surface area contributed by atoms with Gasteiger partial charge >= 0.3 is 0 Å². The number of amides is 1. The van der Waals surface area contributed by atoms with E-state index in [9.17, 15) is 4.79 Å². The van der Waals surface area contributed by atoms with Crippen molar-refractivity contribution in [3.05, 3.63) is 35.9 Å². The van der Waals surface area contributed by atoms with Gasteiger partial charge in [-0.05, 0) is 25.3 Å². The Morgan fingerprint density at radius 3 is 2.70 bits per heavy atom. The predicted molar refractivity (Wildman–Crippen MR) is 85.9 cm³/mol. The lowest BCUT2D eigenvalue weighted by Gasteiger charge is -2.38. The van der Waals surface area contributed by atoms with Crippen molar-refractivity contribution in [1.82, 2.24) is 4.90 Å². The van der Waals surface area contributed by atoms with Gasteiger partial charge in [-0.2, -0.15) is 0 Å². The molecule has 3 nitrogen and oxygen atoms in total. The summed E-state index contributed by atoms with van der Waals surface area (Å²) in [6, 6.07) is 11.1. The zero-order chi connectivity index (χ0) is 14.5. The second-order valence-corrected chi connectivity index (χ2v) is 6.39. The average Bonchev–Trinajstić information content (AvgIpc) is 2.47. The molecular weight excluding hydrogens is 316 g/mol. The molecule has 20 heavy (non-hydrogen) atoms. The van der Waals surface area contributed by atoms with E-state index in [4.69, 9.17) is 5.73 Å². The Balaban J connectivity index is 2.04. The third kappa shape index (κ3) is 3.83. The van der Waals surface area contributed by atoms with Gasteiger partial charge in [-0.3, -0.25) is 9.69 Å². The number of hydrogen-bond acceptors (Lipinski definition) is 2. The summed E-state index contributed by atoms with van der Waals surface area (Å²) in [4.78, 5) is 13.8.